The van der Waals surface area contributed by atoms with Crippen LogP contribution in [-0.2, 0) is 11.2 Å². The summed E-state index contributed by atoms with van der Waals surface area (Å²) in [6.45, 7) is 4.43. The van der Waals surface area contributed by atoms with E-state index >= 15 is 0 Å². The van der Waals surface area contributed by atoms with Crippen LogP contribution >= 0.6 is 0 Å². The van der Waals surface area contributed by atoms with E-state index in [-0.39, 0.29) is 6.10 Å². The number of hydrogen-bond acceptors (Lipinski definition) is 3. The van der Waals surface area contributed by atoms with Gasteiger partial charge in [0.05, 0.1) is 11.1 Å². The molecule has 0 radical (unpaired) electrons. The molecule has 2 rings (SSSR count). The lowest BCUT2D eigenvalue weighted by Gasteiger charge is -2.11. The van der Waals surface area contributed by atoms with Gasteiger partial charge in [0.1, 0.15) is 11.9 Å². The largest absolute Gasteiger partial charge is 0.618 e. The van der Waals surface area contributed by atoms with Crippen LogP contribution in [0.2, 0.25) is 0 Å². The average molecular weight is 223 g/mol. The summed E-state index contributed by atoms with van der Waals surface area (Å²) in [5.41, 5.74) is 2.68. The van der Waals surface area contributed by atoms with Gasteiger partial charge in [0.15, 0.2) is 11.9 Å². The summed E-state index contributed by atoms with van der Waals surface area (Å²) >= 11 is 0. The number of hydrogen-bond donors (Lipinski definition) is 0. The van der Waals surface area contributed by atoms with Gasteiger partial charge in [-0.2, -0.15) is 4.73 Å². The molecule has 88 valence electrons. The molecule has 0 bridgehead atoms. The van der Waals surface area contributed by atoms with Crippen molar-refractivity contribution in [3.05, 3.63) is 28.2 Å². The molecule has 1 aliphatic rings. The first-order chi connectivity index (χ1) is 7.63. The van der Waals surface area contributed by atoms with Crippen LogP contribution in [0.15, 0.2) is 6.20 Å². The molecule has 1 unspecified atom stereocenters. The van der Waals surface area contributed by atoms with Crippen molar-refractivity contribution in [1.29, 1.82) is 0 Å². The molecule has 4 nitrogen and oxygen atoms in total. The first-order valence-corrected chi connectivity index (χ1v) is 5.51. The first kappa shape index (κ1) is 11.2. The second kappa shape index (κ2) is 4.29. The van der Waals surface area contributed by atoms with E-state index in [0.717, 1.165) is 34.4 Å². The lowest BCUT2D eigenvalue weighted by atomic mass is 10.1. The summed E-state index contributed by atoms with van der Waals surface area (Å²) in [6, 6.07) is 0. The van der Waals surface area contributed by atoms with E-state index in [0.29, 0.717) is 12.3 Å². The van der Waals surface area contributed by atoms with Crippen molar-refractivity contribution in [2.45, 2.75) is 32.8 Å². The van der Waals surface area contributed by atoms with Crippen molar-refractivity contribution < 1.29 is 14.2 Å². The first-order valence-electron chi connectivity index (χ1n) is 5.51. The highest BCUT2D eigenvalue weighted by atomic mass is 16.5. The molecule has 2 heterocycles. The molecule has 1 atom stereocenters. The highest BCUT2D eigenvalue weighted by Crippen LogP contribution is 2.33. The molecule has 0 saturated carbocycles. The van der Waals surface area contributed by atoms with Gasteiger partial charge in [-0.15, -0.1) is 0 Å². The highest BCUT2D eigenvalue weighted by molar-refractivity contribution is 5.42. The summed E-state index contributed by atoms with van der Waals surface area (Å²) in [5, 5.41) is 11.6. The molecule has 0 N–H and O–H groups in total. The molecule has 4 heteroatoms. The topological polar surface area (TPSA) is 45.4 Å². The van der Waals surface area contributed by atoms with E-state index in [1.807, 2.05) is 13.8 Å². The second-order valence-corrected chi connectivity index (χ2v) is 4.25. The molecule has 0 saturated heterocycles. The number of rotatable bonds is 3. The third-order valence-electron chi connectivity index (χ3n) is 3.15. The minimum Gasteiger partial charge on any atom is -0.618 e. The molecule has 0 spiro atoms. The number of nitrogens with zero attached hydrogens (tertiary/aromatic N) is 1. The van der Waals surface area contributed by atoms with E-state index in [4.69, 9.17) is 9.47 Å². The van der Waals surface area contributed by atoms with E-state index in [9.17, 15) is 5.21 Å². The van der Waals surface area contributed by atoms with Crippen molar-refractivity contribution in [1.82, 2.24) is 0 Å². The van der Waals surface area contributed by atoms with Crippen LogP contribution in [0.1, 0.15) is 23.2 Å². The smallest absolute Gasteiger partial charge is 0.196 e. The number of aromatic nitrogens is 1. The maximum Gasteiger partial charge on any atom is 0.196 e. The molecule has 0 amide bonds. The van der Waals surface area contributed by atoms with Crippen LogP contribution in [0.4, 0.5) is 0 Å². The van der Waals surface area contributed by atoms with Crippen LogP contribution in [0, 0.1) is 19.1 Å². The van der Waals surface area contributed by atoms with Crippen molar-refractivity contribution in [3.8, 4) is 5.75 Å². The fraction of sp³-hybridized carbons (Fsp3) is 0.583. The Kier molecular flexibility index (Phi) is 3.01. The number of pyridine rings is 1. The lowest BCUT2D eigenvalue weighted by molar-refractivity contribution is -0.613. The van der Waals surface area contributed by atoms with Crippen molar-refractivity contribution in [3.63, 3.8) is 0 Å². The zero-order valence-corrected chi connectivity index (χ0v) is 9.95. The third-order valence-corrected chi connectivity index (χ3v) is 3.15. The predicted octanol–water partition coefficient (Wildman–Crippen LogP) is 1.28. The zero-order chi connectivity index (χ0) is 11.7. The molecule has 1 aromatic rings. The van der Waals surface area contributed by atoms with Crippen LogP contribution in [0.25, 0.3) is 0 Å². The fourth-order valence-electron chi connectivity index (χ4n) is 2.04. The van der Waals surface area contributed by atoms with Gasteiger partial charge in [0.2, 0.25) is 0 Å². The van der Waals surface area contributed by atoms with Crippen molar-refractivity contribution in [2.24, 2.45) is 0 Å². The normalized spacial score (nSPS) is 18.3. The Balaban J connectivity index is 2.21. The van der Waals surface area contributed by atoms with Gasteiger partial charge in [-0.1, -0.05) is 0 Å². The molecular weight excluding hydrogens is 206 g/mol. The quantitative estimate of drug-likeness (QED) is 0.572. The Labute approximate surface area is 95.4 Å². The highest BCUT2D eigenvalue weighted by Gasteiger charge is 2.28. The standard InChI is InChI=1S/C12H17NO3/c1-8-9(2)13(14)7-10-6-11(4-5-15-3)16-12(8)10/h7,11H,4-6H2,1-3H3. The molecule has 0 fully saturated rings. The monoisotopic (exact) mass is 223 g/mol. The Hall–Kier alpha value is -1.29. The molecule has 1 aliphatic heterocycles. The van der Waals surface area contributed by atoms with E-state index in [1.54, 1.807) is 13.3 Å². The van der Waals surface area contributed by atoms with Gasteiger partial charge in [0.25, 0.3) is 0 Å². The van der Waals surface area contributed by atoms with Gasteiger partial charge in [-0.25, -0.2) is 0 Å². The average Bonchev–Trinajstić information content (AvgIpc) is 2.66. The Bertz CT molecular complexity index is 404. The molecule has 16 heavy (non-hydrogen) atoms. The van der Waals surface area contributed by atoms with Gasteiger partial charge in [-0.3, -0.25) is 0 Å². The Morgan fingerprint density at radius 3 is 3.00 bits per heavy atom. The van der Waals surface area contributed by atoms with Crippen molar-refractivity contribution in [2.75, 3.05) is 13.7 Å². The van der Waals surface area contributed by atoms with Gasteiger partial charge >= 0.3 is 0 Å². The van der Waals surface area contributed by atoms with Crippen LogP contribution in [-0.4, -0.2) is 19.8 Å². The van der Waals surface area contributed by atoms with Crippen molar-refractivity contribution >= 4 is 0 Å². The lowest BCUT2D eigenvalue weighted by Crippen LogP contribution is -2.31. The molecule has 0 aliphatic carbocycles. The van der Waals surface area contributed by atoms with Crippen LogP contribution < -0.4 is 9.47 Å². The van der Waals surface area contributed by atoms with E-state index in [1.165, 1.54) is 0 Å². The van der Waals surface area contributed by atoms with Crippen LogP contribution in [0.3, 0.4) is 0 Å². The molecule has 0 aromatic carbocycles. The van der Waals surface area contributed by atoms with E-state index < -0.39 is 0 Å². The Morgan fingerprint density at radius 2 is 2.31 bits per heavy atom. The fourth-order valence-corrected chi connectivity index (χ4v) is 2.04. The summed E-state index contributed by atoms with van der Waals surface area (Å²) in [6.07, 6.45) is 3.45. The zero-order valence-electron chi connectivity index (χ0n) is 9.95. The Morgan fingerprint density at radius 1 is 1.56 bits per heavy atom. The SMILES string of the molecule is COCCC1Cc2c[n+]([O-])c(C)c(C)c2O1. The number of ether oxygens (including phenoxy) is 2. The van der Waals surface area contributed by atoms with Gasteiger partial charge in [-0.05, 0) is 6.92 Å². The van der Waals surface area contributed by atoms with E-state index in [2.05, 4.69) is 0 Å². The predicted molar refractivity (Wildman–Crippen MR) is 59.5 cm³/mol. The maximum absolute atomic E-state index is 11.6. The van der Waals surface area contributed by atoms with Gasteiger partial charge < -0.3 is 14.7 Å². The second-order valence-electron chi connectivity index (χ2n) is 4.25. The summed E-state index contributed by atoms with van der Waals surface area (Å²) in [4.78, 5) is 0. The molecule has 1 aromatic heterocycles. The molecular formula is C12H17NO3. The number of fused-ring (bicyclic) bond motifs is 1. The third kappa shape index (κ3) is 1.85. The minimum absolute atomic E-state index is 0.149. The van der Waals surface area contributed by atoms with Gasteiger partial charge in [0, 0.05) is 33.5 Å². The summed E-state index contributed by atoms with van der Waals surface area (Å²) < 4.78 is 11.8. The number of methoxy groups -OCH3 is 1. The van der Waals surface area contributed by atoms with Crippen LogP contribution in [0.5, 0.6) is 5.75 Å². The summed E-state index contributed by atoms with van der Waals surface area (Å²) in [5.74, 6) is 0.894. The summed E-state index contributed by atoms with van der Waals surface area (Å²) in [7, 11) is 1.68. The minimum atomic E-state index is 0.149. The maximum atomic E-state index is 11.6.